The topological polar surface area (TPSA) is 55.4 Å². The number of hydrogen-bond donors (Lipinski definition) is 1. The van der Waals surface area contributed by atoms with E-state index in [-0.39, 0.29) is 10.6 Å². The predicted octanol–water partition coefficient (Wildman–Crippen LogP) is 4.70. The number of aryl methyl sites for hydroxylation is 1. The molecule has 0 aliphatic carbocycles. The van der Waals surface area contributed by atoms with Crippen LogP contribution in [0.3, 0.4) is 0 Å². The predicted molar refractivity (Wildman–Crippen MR) is 99.3 cm³/mol. The van der Waals surface area contributed by atoms with Crippen LogP contribution in [-0.4, -0.2) is 18.5 Å². The van der Waals surface area contributed by atoms with Gasteiger partial charge in [-0.1, -0.05) is 23.2 Å². The van der Waals surface area contributed by atoms with Crippen LogP contribution in [0, 0.1) is 10.5 Å². The zero-order valence-electron chi connectivity index (χ0n) is 12.0. The molecule has 0 aromatic heterocycles. The highest BCUT2D eigenvalue weighted by atomic mass is 127. The fourth-order valence-electron chi connectivity index (χ4n) is 1.82. The lowest BCUT2D eigenvalue weighted by atomic mass is 10.2. The molecule has 0 saturated carbocycles. The first-order valence-corrected chi connectivity index (χ1v) is 8.38. The maximum Gasteiger partial charge on any atom is 0.340 e. The van der Waals surface area contributed by atoms with Crippen LogP contribution in [0.15, 0.2) is 36.4 Å². The minimum atomic E-state index is -0.702. The summed E-state index contributed by atoms with van der Waals surface area (Å²) in [7, 11) is 0. The molecule has 0 heterocycles. The lowest BCUT2D eigenvalue weighted by molar-refractivity contribution is -0.119. The highest BCUT2D eigenvalue weighted by Crippen LogP contribution is 2.21. The summed E-state index contributed by atoms with van der Waals surface area (Å²) in [6.07, 6.45) is 0. The van der Waals surface area contributed by atoms with Gasteiger partial charge in [0.05, 0.1) is 10.6 Å². The summed E-state index contributed by atoms with van der Waals surface area (Å²) >= 11 is 13.9. The van der Waals surface area contributed by atoms with Gasteiger partial charge in [0, 0.05) is 14.3 Å². The number of hydrogen-bond acceptors (Lipinski definition) is 3. The first-order valence-electron chi connectivity index (χ1n) is 6.55. The summed E-state index contributed by atoms with van der Waals surface area (Å²) in [6, 6.07) is 10.1. The van der Waals surface area contributed by atoms with Gasteiger partial charge < -0.3 is 10.1 Å². The van der Waals surface area contributed by atoms with Crippen molar-refractivity contribution in [3.05, 3.63) is 61.1 Å². The van der Waals surface area contributed by atoms with Crippen LogP contribution in [0.1, 0.15) is 15.9 Å². The molecule has 1 N–H and O–H groups in total. The van der Waals surface area contributed by atoms with Crippen molar-refractivity contribution >= 4 is 63.4 Å². The summed E-state index contributed by atoms with van der Waals surface area (Å²) in [6.45, 7) is 1.47. The van der Waals surface area contributed by atoms with Gasteiger partial charge >= 0.3 is 5.97 Å². The number of nitrogens with one attached hydrogen (secondary N) is 1. The minimum absolute atomic E-state index is 0.123. The van der Waals surface area contributed by atoms with E-state index in [0.717, 1.165) is 9.13 Å². The molecule has 0 spiro atoms. The SMILES string of the molecule is Cc1cc(I)ccc1NC(=O)COC(=O)c1cc(Cl)ccc1Cl. The zero-order chi connectivity index (χ0) is 17.0. The largest absolute Gasteiger partial charge is 0.452 e. The van der Waals surface area contributed by atoms with Gasteiger partial charge in [-0.15, -0.1) is 0 Å². The fourth-order valence-corrected chi connectivity index (χ4v) is 2.83. The quantitative estimate of drug-likeness (QED) is 0.528. The van der Waals surface area contributed by atoms with E-state index in [2.05, 4.69) is 27.9 Å². The van der Waals surface area contributed by atoms with Gasteiger partial charge in [-0.3, -0.25) is 4.79 Å². The van der Waals surface area contributed by atoms with Crippen LogP contribution >= 0.6 is 45.8 Å². The fraction of sp³-hybridized carbons (Fsp3) is 0.125. The summed E-state index contributed by atoms with van der Waals surface area (Å²) in [4.78, 5) is 23.8. The third-order valence-electron chi connectivity index (χ3n) is 2.95. The second-order valence-corrected chi connectivity index (χ2v) is 6.80. The van der Waals surface area contributed by atoms with Crippen LogP contribution in [-0.2, 0) is 9.53 Å². The Morgan fingerprint density at radius 3 is 2.61 bits per heavy atom. The van der Waals surface area contributed by atoms with Crippen molar-refractivity contribution in [2.24, 2.45) is 0 Å². The second-order valence-electron chi connectivity index (χ2n) is 4.71. The summed E-state index contributed by atoms with van der Waals surface area (Å²) in [5.74, 6) is -1.13. The lowest BCUT2D eigenvalue weighted by Crippen LogP contribution is -2.21. The Morgan fingerprint density at radius 2 is 1.91 bits per heavy atom. The minimum Gasteiger partial charge on any atom is -0.452 e. The molecule has 7 heteroatoms. The van der Waals surface area contributed by atoms with E-state index in [1.165, 1.54) is 12.1 Å². The van der Waals surface area contributed by atoms with Crippen molar-refractivity contribution < 1.29 is 14.3 Å². The molecular weight excluding hydrogens is 452 g/mol. The number of carbonyl (C=O) groups is 2. The summed E-state index contributed by atoms with van der Waals surface area (Å²) in [5.41, 5.74) is 1.72. The Labute approximate surface area is 157 Å². The van der Waals surface area contributed by atoms with E-state index >= 15 is 0 Å². The first-order chi connectivity index (χ1) is 10.9. The van der Waals surface area contributed by atoms with Crippen molar-refractivity contribution in [1.82, 2.24) is 0 Å². The molecule has 0 aliphatic rings. The molecule has 0 radical (unpaired) electrons. The maximum absolute atomic E-state index is 11.9. The molecule has 4 nitrogen and oxygen atoms in total. The number of ether oxygens (including phenoxy) is 1. The molecule has 2 aromatic rings. The Bertz CT molecular complexity index is 765. The van der Waals surface area contributed by atoms with Crippen molar-refractivity contribution in [1.29, 1.82) is 0 Å². The Hall–Kier alpha value is -1.31. The highest BCUT2D eigenvalue weighted by Gasteiger charge is 2.14. The molecule has 0 fully saturated rings. The van der Waals surface area contributed by atoms with Crippen LogP contribution in [0.4, 0.5) is 5.69 Å². The number of rotatable bonds is 4. The van der Waals surface area contributed by atoms with E-state index in [1.54, 1.807) is 12.1 Å². The summed E-state index contributed by atoms with van der Waals surface area (Å²) < 4.78 is 6.04. The standard InChI is InChI=1S/C16H12Cl2INO3/c1-9-6-11(19)3-5-14(9)20-15(21)8-23-16(22)12-7-10(17)2-4-13(12)18/h2-7H,8H2,1H3,(H,20,21). The number of benzene rings is 2. The number of carbonyl (C=O) groups excluding carboxylic acids is 2. The average Bonchev–Trinajstić information content (AvgIpc) is 2.50. The van der Waals surface area contributed by atoms with E-state index < -0.39 is 18.5 Å². The smallest absolute Gasteiger partial charge is 0.340 e. The van der Waals surface area contributed by atoms with E-state index in [4.69, 9.17) is 27.9 Å². The van der Waals surface area contributed by atoms with Gasteiger partial charge in [0.1, 0.15) is 0 Å². The Morgan fingerprint density at radius 1 is 1.17 bits per heavy atom. The van der Waals surface area contributed by atoms with Gasteiger partial charge in [-0.25, -0.2) is 4.79 Å². The molecule has 23 heavy (non-hydrogen) atoms. The molecule has 120 valence electrons. The molecule has 0 unspecified atom stereocenters. The van der Waals surface area contributed by atoms with Gasteiger partial charge in [-0.05, 0) is 71.5 Å². The summed E-state index contributed by atoms with van der Waals surface area (Å²) in [5, 5.41) is 3.27. The van der Waals surface area contributed by atoms with Crippen LogP contribution in [0.25, 0.3) is 0 Å². The molecular formula is C16H12Cl2INO3. The third kappa shape index (κ3) is 5.09. The third-order valence-corrected chi connectivity index (χ3v) is 4.18. The zero-order valence-corrected chi connectivity index (χ0v) is 15.7. The van der Waals surface area contributed by atoms with Crippen molar-refractivity contribution in [3.63, 3.8) is 0 Å². The molecule has 2 rings (SSSR count). The van der Waals surface area contributed by atoms with Crippen LogP contribution in [0.5, 0.6) is 0 Å². The van der Waals surface area contributed by atoms with Crippen molar-refractivity contribution in [2.75, 3.05) is 11.9 Å². The Balaban J connectivity index is 1.96. The number of esters is 1. The molecule has 0 atom stereocenters. The molecule has 1 amide bonds. The van der Waals surface area contributed by atoms with Gasteiger partial charge in [-0.2, -0.15) is 0 Å². The van der Waals surface area contributed by atoms with Crippen LogP contribution in [0.2, 0.25) is 10.0 Å². The number of halogens is 3. The van der Waals surface area contributed by atoms with Gasteiger partial charge in [0.25, 0.3) is 5.91 Å². The highest BCUT2D eigenvalue weighted by molar-refractivity contribution is 14.1. The molecule has 2 aromatic carbocycles. The molecule has 0 saturated heterocycles. The van der Waals surface area contributed by atoms with E-state index in [9.17, 15) is 9.59 Å². The lowest BCUT2D eigenvalue weighted by Gasteiger charge is -2.10. The Kier molecular flexibility index (Phi) is 6.26. The monoisotopic (exact) mass is 463 g/mol. The van der Waals surface area contributed by atoms with Crippen molar-refractivity contribution in [2.45, 2.75) is 6.92 Å². The van der Waals surface area contributed by atoms with Crippen LogP contribution < -0.4 is 5.32 Å². The van der Waals surface area contributed by atoms with Gasteiger partial charge in [0.2, 0.25) is 0 Å². The second kappa shape index (κ2) is 7.99. The van der Waals surface area contributed by atoms with E-state index in [1.807, 2.05) is 19.1 Å². The first kappa shape index (κ1) is 18.0. The van der Waals surface area contributed by atoms with Gasteiger partial charge in [0.15, 0.2) is 6.61 Å². The maximum atomic E-state index is 11.9. The number of anilines is 1. The average molecular weight is 464 g/mol. The normalized spacial score (nSPS) is 10.3. The van der Waals surface area contributed by atoms with E-state index in [0.29, 0.717) is 10.7 Å². The van der Waals surface area contributed by atoms with Crippen molar-refractivity contribution in [3.8, 4) is 0 Å². The molecule has 0 bridgehead atoms. The number of amides is 1. The molecule has 0 aliphatic heterocycles.